The quantitative estimate of drug-likeness (QED) is 0.715. The van der Waals surface area contributed by atoms with E-state index in [2.05, 4.69) is 27.7 Å². The van der Waals surface area contributed by atoms with Crippen molar-refractivity contribution >= 4 is 4.35 Å². The van der Waals surface area contributed by atoms with Crippen LogP contribution >= 0.6 is 0 Å². The fourth-order valence-corrected chi connectivity index (χ4v) is 4.96. The third kappa shape index (κ3) is 2.79. The Kier molecular flexibility index (Phi) is 4.65. The van der Waals surface area contributed by atoms with Crippen LogP contribution in [0.1, 0.15) is 64.2 Å². The molecule has 0 atom stereocenters. The first-order valence-corrected chi connectivity index (χ1v) is 8.72. The van der Waals surface area contributed by atoms with Crippen LogP contribution in [-0.4, -0.2) is 39.3 Å². The van der Waals surface area contributed by atoms with Gasteiger partial charge in [-0.15, -0.1) is 0 Å². The first-order chi connectivity index (χ1) is 8.86. The third-order valence-corrected chi connectivity index (χ3v) is 6.00. The van der Waals surface area contributed by atoms with Gasteiger partial charge >= 0.3 is 121 Å². The topological polar surface area (TPSA) is 6.48 Å². The maximum absolute atomic E-state index is 3.28. The second kappa shape index (κ2) is 6.24. The van der Waals surface area contributed by atoms with Gasteiger partial charge in [0.25, 0.3) is 0 Å². The summed E-state index contributed by atoms with van der Waals surface area (Å²) >= 11 is 3.28. The van der Waals surface area contributed by atoms with Crippen LogP contribution in [0.5, 0.6) is 0 Å². The van der Waals surface area contributed by atoms with Gasteiger partial charge in [0.1, 0.15) is 0 Å². The molecule has 2 nitrogen and oxygen atoms in total. The SMILES string of the molecule is [Rh]=[C]1N(C2CCCCC2)CCN1C1CCCCC1. The predicted molar refractivity (Wildman–Crippen MR) is 72.2 cm³/mol. The molecule has 105 valence electrons. The summed E-state index contributed by atoms with van der Waals surface area (Å²) in [5.74, 6) is 0. The van der Waals surface area contributed by atoms with Gasteiger partial charge in [-0.25, -0.2) is 0 Å². The van der Waals surface area contributed by atoms with Crippen molar-refractivity contribution in [2.24, 2.45) is 0 Å². The zero-order chi connectivity index (χ0) is 12.4. The first-order valence-electron chi connectivity index (χ1n) is 7.90. The Hall–Kier alpha value is 0.413. The van der Waals surface area contributed by atoms with Gasteiger partial charge in [-0.2, -0.15) is 0 Å². The van der Waals surface area contributed by atoms with Gasteiger partial charge in [0.05, 0.1) is 0 Å². The molecule has 0 bridgehead atoms. The summed E-state index contributed by atoms with van der Waals surface area (Å²) in [5, 5.41) is 0. The van der Waals surface area contributed by atoms with Crippen molar-refractivity contribution in [1.82, 2.24) is 9.80 Å². The van der Waals surface area contributed by atoms with Gasteiger partial charge in [0.15, 0.2) is 0 Å². The van der Waals surface area contributed by atoms with Crippen LogP contribution in [0.15, 0.2) is 0 Å². The van der Waals surface area contributed by atoms with Crippen molar-refractivity contribution in [3.05, 3.63) is 0 Å². The molecule has 3 fully saturated rings. The van der Waals surface area contributed by atoms with Crippen LogP contribution in [-0.2, 0) is 17.9 Å². The molecule has 0 aromatic rings. The Morgan fingerprint density at radius 2 is 1.06 bits per heavy atom. The van der Waals surface area contributed by atoms with E-state index in [0.717, 1.165) is 12.1 Å². The van der Waals surface area contributed by atoms with E-state index in [1.54, 1.807) is 0 Å². The van der Waals surface area contributed by atoms with Gasteiger partial charge in [-0.3, -0.25) is 0 Å². The summed E-state index contributed by atoms with van der Waals surface area (Å²) < 4.78 is 1.50. The van der Waals surface area contributed by atoms with Crippen molar-refractivity contribution in [2.45, 2.75) is 76.3 Å². The summed E-state index contributed by atoms with van der Waals surface area (Å²) in [6, 6.07) is 1.68. The van der Waals surface area contributed by atoms with Gasteiger partial charge in [-0.1, -0.05) is 0 Å². The minimum atomic E-state index is 0.840. The molecule has 0 radical (unpaired) electrons. The van der Waals surface area contributed by atoms with E-state index >= 15 is 0 Å². The van der Waals surface area contributed by atoms with Crippen LogP contribution in [0.4, 0.5) is 0 Å². The van der Waals surface area contributed by atoms with Crippen molar-refractivity contribution in [3.8, 4) is 0 Å². The van der Waals surface area contributed by atoms with Gasteiger partial charge in [0, 0.05) is 0 Å². The standard InChI is InChI=1S/C15H26N2.Rh/c1-3-7-14(8-4-1)16-11-12-17(13-16)15-9-5-2-6-10-15;/h14-15H,1-12H2;. The molecule has 0 N–H and O–H groups in total. The Morgan fingerprint density at radius 3 is 1.44 bits per heavy atom. The van der Waals surface area contributed by atoms with E-state index in [1.807, 2.05) is 0 Å². The summed E-state index contributed by atoms with van der Waals surface area (Å²) in [7, 11) is 0. The molecule has 0 aromatic carbocycles. The Bertz CT molecular complexity index is 265. The second-order valence-electron chi connectivity index (χ2n) is 6.22. The second-order valence-corrected chi connectivity index (χ2v) is 6.95. The Labute approximate surface area is 121 Å². The third-order valence-electron chi connectivity index (χ3n) is 5.06. The van der Waals surface area contributed by atoms with Crippen LogP contribution in [0.25, 0.3) is 0 Å². The molecule has 18 heavy (non-hydrogen) atoms. The monoisotopic (exact) mass is 337 g/mol. The number of nitrogens with zero attached hydrogens (tertiary/aromatic N) is 2. The molecule has 2 saturated carbocycles. The molecule has 0 amide bonds. The zero-order valence-corrected chi connectivity index (χ0v) is 13.0. The molecular formula is C15H26N2Rh. The van der Waals surface area contributed by atoms with Crippen LogP contribution in [0.2, 0.25) is 0 Å². The van der Waals surface area contributed by atoms with E-state index < -0.39 is 0 Å². The van der Waals surface area contributed by atoms with Gasteiger partial charge < -0.3 is 0 Å². The molecule has 3 aliphatic rings. The summed E-state index contributed by atoms with van der Waals surface area (Å²) in [6.07, 6.45) is 14.4. The first kappa shape index (κ1) is 13.4. The van der Waals surface area contributed by atoms with Crippen LogP contribution in [0.3, 0.4) is 0 Å². The fraction of sp³-hybridized carbons (Fsp3) is 0.933. The van der Waals surface area contributed by atoms with Crippen LogP contribution in [0, 0.1) is 0 Å². The summed E-state index contributed by atoms with van der Waals surface area (Å²) in [6.45, 7) is 2.54. The molecule has 1 aliphatic heterocycles. The molecule has 0 aromatic heterocycles. The molecule has 0 spiro atoms. The van der Waals surface area contributed by atoms with E-state index in [0.29, 0.717) is 0 Å². The number of hydrogen-bond acceptors (Lipinski definition) is 2. The molecule has 0 unspecified atom stereocenters. The molecular weight excluding hydrogens is 311 g/mol. The van der Waals surface area contributed by atoms with E-state index in [1.165, 1.54) is 81.7 Å². The Morgan fingerprint density at radius 1 is 0.667 bits per heavy atom. The number of hydrogen-bond donors (Lipinski definition) is 0. The van der Waals surface area contributed by atoms with Crippen molar-refractivity contribution in [3.63, 3.8) is 0 Å². The molecule has 2 aliphatic carbocycles. The van der Waals surface area contributed by atoms with E-state index in [-0.39, 0.29) is 0 Å². The zero-order valence-electron chi connectivity index (χ0n) is 11.4. The molecule has 1 saturated heterocycles. The molecule has 3 heteroatoms. The summed E-state index contributed by atoms with van der Waals surface area (Å²) in [5.41, 5.74) is 0. The fourth-order valence-electron chi connectivity index (χ4n) is 3.99. The average Bonchev–Trinajstić information content (AvgIpc) is 2.83. The van der Waals surface area contributed by atoms with Gasteiger partial charge in [-0.05, 0) is 0 Å². The van der Waals surface area contributed by atoms with E-state index in [4.69, 9.17) is 0 Å². The maximum atomic E-state index is 3.28. The van der Waals surface area contributed by atoms with Crippen molar-refractivity contribution in [2.75, 3.05) is 13.1 Å². The van der Waals surface area contributed by atoms with Crippen LogP contribution < -0.4 is 0 Å². The number of rotatable bonds is 2. The molecule has 1 heterocycles. The summed E-state index contributed by atoms with van der Waals surface area (Å²) in [4.78, 5) is 5.39. The van der Waals surface area contributed by atoms with E-state index in [9.17, 15) is 0 Å². The van der Waals surface area contributed by atoms with Crippen molar-refractivity contribution in [1.29, 1.82) is 0 Å². The Balaban J connectivity index is 1.60. The van der Waals surface area contributed by atoms with Crippen molar-refractivity contribution < 1.29 is 17.9 Å². The normalized spacial score (nSPS) is 30.2. The molecule has 3 rings (SSSR count). The average molecular weight is 337 g/mol. The van der Waals surface area contributed by atoms with Gasteiger partial charge in [0.2, 0.25) is 0 Å². The minimum absolute atomic E-state index is 0.840. The predicted octanol–water partition coefficient (Wildman–Crippen LogP) is 2.90.